The fourth-order valence-corrected chi connectivity index (χ4v) is 3.16. The number of rotatable bonds is 3. The maximum Gasteiger partial charge on any atom is 0.140 e. The van der Waals surface area contributed by atoms with Crippen LogP contribution in [-0.2, 0) is 5.75 Å². The molecule has 0 radical (unpaired) electrons. The molecule has 1 fully saturated rings. The Morgan fingerprint density at radius 3 is 2.56 bits per heavy atom. The average molecular weight is 285 g/mol. The minimum absolute atomic E-state index is 0.235. The van der Waals surface area contributed by atoms with Gasteiger partial charge >= 0.3 is 0 Å². The Labute approximate surface area is 119 Å². The molecule has 0 N–H and O–H groups in total. The van der Waals surface area contributed by atoms with E-state index in [0.29, 0.717) is 11.1 Å². The highest BCUT2D eigenvalue weighted by Crippen LogP contribution is 2.34. The van der Waals surface area contributed by atoms with Crippen molar-refractivity contribution in [3.63, 3.8) is 0 Å². The van der Waals surface area contributed by atoms with Crippen LogP contribution < -0.4 is 0 Å². The molecule has 1 aliphatic rings. The summed E-state index contributed by atoms with van der Waals surface area (Å²) in [4.78, 5) is 9.04. The molecular formula is C14H21ClN2S. The van der Waals surface area contributed by atoms with Gasteiger partial charge in [0, 0.05) is 16.4 Å². The Morgan fingerprint density at radius 2 is 1.94 bits per heavy atom. The van der Waals surface area contributed by atoms with Gasteiger partial charge in [-0.05, 0) is 18.9 Å². The van der Waals surface area contributed by atoms with E-state index in [1.165, 1.54) is 25.7 Å². The summed E-state index contributed by atoms with van der Waals surface area (Å²) >= 11 is 7.98. The largest absolute Gasteiger partial charge is 0.237 e. The standard InChI is InChI=1S/C14H21ClN2S/c1-14(2,3)18-9-13-16-11(8-12(15)17-13)10-6-4-5-7-10/h8,10H,4-7,9H2,1-3H3. The van der Waals surface area contributed by atoms with Crippen LogP contribution in [0, 0.1) is 0 Å². The zero-order valence-corrected chi connectivity index (χ0v) is 12.9. The first-order valence-corrected chi connectivity index (χ1v) is 7.98. The monoisotopic (exact) mass is 284 g/mol. The third kappa shape index (κ3) is 4.13. The summed E-state index contributed by atoms with van der Waals surface area (Å²) in [5.41, 5.74) is 1.15. The molecule has 1 aromatic rings. The molecule has 2 rings (SSSR count). The van der Waals surface area contributed by atoms with E-state index >= 15 is 0 Å². The van der Waals surface area contributed by atoms with Crippen LogP contribution in [0.2, 0.25) is 5.15 Å². The van der Waals surface area contributed by atoms with E-state index in [-0.39, 0.29) is 4.75 Å². The molecule has 1 aliphatic carbocycles. The first-order chi connectivity index (χ1) is 8.44. The van der Waals surface area contributed by atoms with Crippen LogP contribution in [0.3, 0.4) is 0 Å². The molecule has 0 amide bonds. The number of hydrogen-bond acceptors (Lipinski definition) is 3. The molecule has 1 heterocycles. The molecule has 0 saturated heterocycles. The van der Waals surface area contributed by atoms with Gasteiger partial charge in [-0.2, -0.15) is 0 Å². The lowest BCUT2D eigenvalue weighted by molar-refractivity contribution is 0.688. The van der Waals surface area contributed by atoms with Gasteiger partial charge in [-0.1, -0.05) is 45.2 Å². The van der Waals surface area contributed by atoms with Crippen molar-refractivity contribution in [2.75, 3.05) is 0 Å². The lowest BCUT2D eigenvalue weighted by Gasteiger charge is -2.17. The highest BCUT2D eigenvalue weighted by Gasteiger charge is 2.20. The topological polar surface area (TPSA) is 25.8 Å². The molecule has 0 atom stereocenters. The van der Waals surface area contributed by atoms with Crippen molar-refractivity contribution in [1.29, 1.82) is 0 Å². The number of halogens is 1. The summed E-state index contributed by atoms with van der Waals surface area (Å²) < 4.78 is 0.235. The summed E-state index contributed by atoms with van der Waals surface area (Å²) in [6.45, 7) is 6.63. The lowest BCUT2D eigenvalue weighted by atomic mass is 10.0. The number of aromatic nitrogens is 2. The molecule has 0 unspecified atom stereocenters. The molecule has 1 saturated carbocycles. The van der Waals surface area contributed by atoms with E-state index in [0.717, 1.165) is 17.3 Å². The quantitative estimate of drug-likeness (QED) is 0.744. The molecule has 4 heteroatoms. The van der Waals surface area contributed by atoms with Crippen molar-refractivity contribution in [3.8, 4) is 0 Å². The summed E-state index contributed by atoms with van der Waals surface area (Å²) in [6, 6.07) is 1.95. The first kappa shape index (κ1) is 14.1. The SMILES string of the molecule is CC(C)(C)SCc1nc(Cl)cc(C2CCCC2)n1. The molecular weight excluding hydrogens is 264 g/mol. The van der Waals surface area contributed by atoms with Gasteiger partial charge < -0.3 is 0 Å². The molecule has 1 aromatic heterocycles. The fourth-order valence-electron chi connectivity index (χ4n) is 2.26. The van der Waals surface area contributed by atoms with Crippen molar-refractivity contribution >= 4 is 23.4 Å². The van der Waals surface area contributed by atoms with E-state index in [9.17, 15) is 0 Å². The maximum absolute atomic E-state index is 6.12. The number of thioether (sulfide) groups is 1. The van der Waals surface area contributed by atoms with Crippen molar-refractivity contribution in [2.24, 2.45) is 0 Å². The summed E-state index contributed by atoms with van der Waals surface area (Å²) in [5, 5.41) is 0.594. The van der Waals surface area contributed by atoms with Crippen LogP contribution in [0.25, 0.3) is 0 Å². The summed E-state index contributed by atoms with van der Waals surface area (Å²) in [5.74, 6) is 2.32. The number of hydrogen-bond donors (Lipinski definition) is 0. The van der Waals surface area contributed by atoms with Gasteiger partial charge in [0.05, 0.1) is 5.75 Å². The van der Waals surface area contributed by atoms with Gasteiger partial charge in [0.2, 0.25) is 0 Å². The average Bonchev–Trinajstić information content (AvgIpc) is 2.78. The molecule has 0 aliphatic heterocycles. The van der Waals surface area contributed by atoms with Crippen LogP contribution in [0.4, 0.5) is 0 Å². The van der Waals surface area contributed by atoms with Crippen LogP contribution in [-0.4, -0.2) is 14.7 Å². The Morgan fingerprint density at radius 1 is 1.28 bits per heavy atom. The molecule has 100 valence electrons. The molecule has 0 aromatic carbocycles. The Bertz CT molecular complexity index is 409. The summed E-state index contributed by atoms with van der Waals surface area (Å²) in [7, 11) is 0. The van der Waals surface area contributed by atoms with Crippen LogP contribution in [0.5, 0.6) is 0 Å². The smallest absolute Gasteiger partial charge is 0.140 e. The summed E-state index contributed by atoms with van der Waals surface area (Å²) in [6.07, 6.45) is 5.13. The molecule has 18 heavy (non-hydrogen) atoms. The van der Waals surface area contributed by atoms with Gasteiger partial charge in [0.25, 0.3) is 0 Å². The van der Waals surface area contributed by atoms with Gasteiger partial charge in [0.15, 0.2) is 0 Å². The second-order valence-corrected chi connectivity index (χ2v) is 8.10. The van der Waals surface area contributed by atoms with E-state index in [1.54, 1.807) is 0 Å². The van der Waals surface area contributed by atoms with E-state index in [2.05, 4.69) is 25.8 Å². The van der Waals surface area contributed by atoms with Crippen molar-refractivity contribution in [1.82, 2.24) is 9.97 Å². The lowest BCUT2D eigenvalue weighted by Crippen LogP contribution is -2.09. The maximum atomic E-state index is 6.12. The zero-order chi connectivity index (χ0) is 13.2. The van der Waals surface area contributed by atoms with E-state index in [4.69, 9.17) is 16.6 Å². The second kappa shape index (κ2) is 5.79. The van der Waals surface area contributed by atoms with Gasteiger partial charge in [-0.15, -0.1) is 11.8 Å². The normalized spacial score (nSPS) is 17.3. The first-order valence-electron chi connectivity index (χ1n) is 6.61. The highest BCUT2D eigenvalue weighted by atomic mass is 35.5. The highest BCUT2D eigenvalue weighted by molar-refractivity contribution is 7.99. The van der Waals surface area contributed by atoms with Crippen LogP contribution >= 0.6 is 23.4 Å². The Hall–Kier alpha value is -0.280. The van der Waals surface area contributed by atoms with Crippen molar-refractivity contribution in [3.05, 3.63) is 22.7 Å². The van der Waals surface area contributed by atoms with E-state index < -0.39 is 0 Å². The van der Waals surface area contributed by atoms with Gasteiger partial charge in [0.1, 0.15) is 11.0 Å². The second-order valence-electron chi connectivity index (χ2n) is 5.91. The predicted molar refractivity (Wildman–Crippen MR) is 79.3 cm³/mol. The van der Waals surface area contributed by atoms with Crippen LogP contribution in [0.15, 0.2) is 6.07 Å². The predicted octanol–water partition coefficient (Wildman–Crippen LogP) is 4.82. The molecule has 0 bridgehead atoms. The van der Waals surface area contributed by atoms with Gasteiger partial charge in [-0.3, -0.25) is 0 Å². The zero-order valence-electron chi connectivity index (χ0n) is 11.4. The van der Waals surface area contributed by atoms with Crippen LogP contribution in [0.1, 0.15) is 63.9 Å². The minimum atomic E-state index is 0.235. The van der Waals surface area contributed by atoms with Gasteiger partial charge in [-0.25, -0.2) is 9.97 Å². The molecule has 0 spiro atoms. The fraction of sp³-hybridized carbons (Fsp3) is 0.714. The van der Waals surface area contributed by atoms with E-state index in [1.807, 2.05) is 17.8 Å². The number of nitrogens with zero attached hydrogens (tertiary/aromatic N) is 2. The molecule has 2 nitrogen and oxygen atoms in total. The third-order valence-electron chi connectivity index (χ3n) is 3.17. The Kier molecular flexibility index (Phi) is 4.54. The van der Waals surface area contributed by atoms with Crippen molar-refractivity contribution in [2.45, 2.75) is 62.9 Å². The minimum Gasteiger partial charge on any atom is -0.237 e. The third-order valence-corrected chi connectivity index (χ3v) is 4.63. The Balaban J connectivity index is 2.10. The van der Waals surface area contributed by atoms with Crippen molar-refractivity contribution < 1.29 is 0 Å².